The Morgan fingerprint density at radius 2 is 1.67 bits per heavy atom. The molecule has 21 heavy (non-hydrogen) atoms. The maximum atomic E-state index is 11.7. The smallest absolute Gasteiger partial charge is 0.320 e. The molecule has 0 unspecified atom stereocenters. The lowest BCUT2D eigenvalue weighted by Crippen LogP contribution is -2.47. The fourth-order valence-corrected chi connectivity index (χ4v) is 5.73. The van der Waals surface area contributed by atoms with Crippen LogP contribution in [0.4, 0.5) is 0 Å². The summed E-state index contributed by atoms with van der Waals surface area (Å²) in [5.74, 6) is 3.01. The van der Waals surface area contributed by atoms with Crippen molar-refractivity contribution < 1.29 is 9.53 Å². The molecular formula is C18H31NO2. The van der Waals surface area contributed by atoms with Crippen molar-refractivity contribution >= 4 is 5.97 Å². The van der Waals surface area contributed by atoms with Gasteiger partial charge in [0.2, 0.25) is 0 Å². The fraction of sp³-hybridized carbons (Fsp3) is 0.944. The number of carbonyl (C=O) groups is 1. The van der Waals surface area contributed by atoms with Gasteiger partial charge in [0.1, 0.15) is 0 Å². The summed E-state index contributed by atoms with van der Waals surface area (Å²) in [6.07, 6.45) is 10.2. The van der Waals surface area contributed by atoms with E-state index in [4.69, 9.17) is 4.74 Å². The molecule has 0 amide bonds. The first-order valence-corrected chi connectivity index (χ1v) is 9.00. The number of esters is 1. The van der Waals surface area contributed by atoms with Gasteiger partial charge >= 0.3 is 5.97 Å². The van der Waals surface area contributed by atoms with Crippen LogP contribution < -0.4 is 0 Å². The van der Waals surface area contributed by atoms with Crippen molar-refractivity contribution in [2.24, 2.45) is 23.2 Å². The zero-order valence-electron chi connectivity index (χ0n) is 13.8. The first kappa shape index (κ1) is 15.3. The van der Waals surface area contributed by atoms with Gasteiger partial charge in [-0.15, -0.1) is 0 Å². The summed E-state index contributed by atoms with van der Waals surface area (Å²) < 4.78 is 5.09. The average molecular weight is 293 g/mol. The summed E-state index contributed by atoms with van der Waals surface area (Å²) in [6, 6.07) is 0. The summed E-state index contributed by atoms with van der Waals surface area (Å²) >= 11 is 0. The third-order valence-corrected chi connectivity index (χ3v) is 6.23. The third kappa shape index (κ3) is 3.44. The highest BCUT2D eigenvalue weighted by molar-refractivity contribution is 5.71. The molecule has 4 fully saturated rings. The number of hydrogen-bond donors (Lipinski definition) is 0. The minimum Gasteiger partial charge on any atom is -0.465 e. The van der Waals surface area contributed by atoms with E-state index in [-0.39, 0.29) is 5.97 Å². The molecule has 0 saturated heterocycles. The van der Waals surface area contributed by atoms with E-state index in [0.29, 0.717) is 18.6 Å². The monoisotopic (exact) mass is 293 g/mol. The fourth-order valence-electron chi connectivity index (χ4n) is 5.73. The quantitative estimate of drug-likeness (QED) is 0.673. The van der Waals surface area contributed by atoms with Crippen LogP contribution in [-0.2, 0) is 9.53 Å². The second-order valence-electron chi connectivity index (χ2n) is 7.84. The maximum absolute atomic E-state index is 11.7. The molecule has 0 aromatic heterocycles. The molecule has 120 valence electrons. The highest BCUT2D eigenvalue weighted by Crippen LogP contribution is 2.61. The van der Waals surface area contributed by atoms with Gasteiger partial charge in [-0.1, -0.05) is 6.92 Å². The van der Waals surface area contributed by atoms with Crippen molar-refractivity contribution in [3.63, 3.8) is 0 Å². The molecule has 4 bridgehead atoms. The Labute approximate surface area is 129 Å². The van der Waals surface area contributed by atoms with Crippen molar-refractivity contribution in [1.82, 2.24) is 4.90 Å². The number of carbonyl (C=O) groups excluding carboxylic acids is 1. The predicted molar refractivity (Wildman–Crippen MR) is 84.0 cm³/mol. The molecule has 0 aromatic rings. The summed E-state index contributed by atoms with van der Waals surface area (Å²) in [5, 5.41) is 0. The van der Waals surface area contributed by atoms with Crippen LogP contribution in [0.25, 0.3) is 0 Å². The molecule has 0 aliphatic heterocycles. The number of ether oxygens (including phenoxy) is 1. The molecule has 0 aromatic carbocycles. The van der Waals surface area contributed by atoms with Crippen LogP contribution in [-0.4, -0.2) is 37.1 Å². The van der Waals surface area contributed by atoms with Crippen LogP contribution in [0.1, 0.15) is 58.8 Å². The normalized spacial score (nSPS) is 37.2. The lowest BCUT2D eigenvalue weighted by molar-refractivity contribution is -0.144. The molecule has 0 heterocycles. The van der Waals surface area contributed by atoms with Crippen LogP contribution in [0.15, 0.2) is 0 Å². The van der Waals surface area contributed by atoms with Crippen LogP contribution in [0.5, 0.6) is 0 Å². The van der Waals surface area contributed by atoms with E-state index in [9.17, 15) is 4.79 Å². The molecule has 4 saturated carbocycles. The Morgan fingerprint density at radius 1 is 1.10 bits per heavy atom. The van der Waals surface area contributed by atoms with E-state index >= 15 is 0 Å². The minimum atomic E-state index is -0.0649. The second kappa shape index (κ2) is 6.28. The van der Waals surface area contributed by atoms with Gasteiger partial charge in [-0.2, -0.15) is 0 Å². The lowest BCUT2D eigenvalue weighted by atomic mass is 9.49. The van der Waals surface area contributed by atoms with Gasteiger partial charge in [0, 0.05) is 0 Å². The Bertz CT molecular complexity index is 344. The van der Waals surface area contributed by atoms with Crippen LogP contribution in [0.2, 0.25) is 0 Å². The summed E-state index contributed by atoms with van der Waals surface area (Å²) in [7, 11) is 0. The highest BCUT2D eigenvalue weighted by Gasteiger charge is 2.50. The number of hydrogen-bond acceptors (Lipinski definition) is 3. The molecule has 4 rings (SSSR count). The number of nitrogens with zero attached hydrogens (tertiary/aromatic N) is 1. The van der Waals surface area contributed by atoms with Gasteiger partial charge in [-0.3, -0.25) is 9.69 Å². The van der Waals surface area contributed by atoms with Gasteiger partial charge in [-0.25, -0.2) is 0 Å². The van der Waals surface area contributed by atoms with Crippen molar-refractivity contribution in [1.29, 1.82) is 0 Å². The van der Waals surface area contributed by atoms with Crippen LogP contribution in [0, 0.1) is 23.2 Å². The van der Waals surface area contributed by atoms with Crippen LogP contribution in [0.3, 0.4) is 0 Å². The Balaban J connectivity index is 1.53. The Hall–Kier alpha value is -0.570. The summed E-state index contributed by atoms with van der Waals surface area (Å²) in [6.45, 7) is 7.01. The van der Waals surface area contributed by atoms with Gasteiger partial charge in [-0.05, 0) is 88.1 Å². The van der Waals surface area contributed by atoms with E-state index < -0.39 is 0 Å². The van der Waals surface area contributed by atoms with E-state index in [1.54, 1.807) is 0 Å². The van der Waals surface area contributed by atoms with Gasteiger partial charge in [0.25, 0.3) is 0 Å². The second-order valence-corrected chi connectivity index (χ2v) is 7.84. The zero-order chi connectivity index (χ0) is 14.9. The SMILES string of the molecule is CCOC(=O)CN(CC)CCC12CC3CC(CC(C3)C1)C2. The lowest BCUT2D eigenvalue weighted by Gasteiger charge is -2.57. The van der Waals surface area contributed by atoms with Crippen molar-refractivity contribution in [3.05, 3.63) is 0 Å². The zero-order valence-corrected chi connectivity index (χ0v) is 13.8. The topological polar surface area (TPSA) is 29.5 Å². The van der Waals surface area contributed by atoms with E-state index in [1.165, 1.54) is 44.9 Å². The van der Waals surface area contributed by atoms with Crippen molar-refractivity contribution in [2.45, 2.75) is 58.8 Å². The van der Waals surface area contributed by atoms with E-state index in [0.717, 1.165) is 30.8 Å². The largest absolute Gasteiger partial charge is 0.465 e. The van der Waals surface area contributed by atoms with Crippen molar-refractivity contribution in [3.8, 4) is 0 Å². The standard InChI is InChI=1S/C18H31NO2/c1-3-19(13-17(20)21-4-2)6-5-18-10-14-7-15(11-18)9-16(8-14)12-18/h14-16H,3-13H2,1-2H3. The minimum absolute atomic E-state index is 0.0649. The first-order chi connectivity index (χ1) is 10.1. The molecular weight excluding hydrogens is 262 g/mol. The molecule has 0 atom stereocenters. The number of likely N-dealkylation sites (N-methyl/N-ethyl adjacent to an activating group) is 1. The Morgan fingerprint density at radius 3 is 2.14 bits per heavy atom. The average Bonchev–Trinajstić information content (AvgIpc) is 2.42. The summed E-state index contributed by atoms with van der Waals surface area (Å²) in [4.78, 5) is 13.9. The maximum Gasteiger partial charge on any atom is 0.320 e. The van der Waals surface area contributed by atoms with Gasteiger partial charge in [0.05, 0.1) is 13.2 Å². The first-order valence-electron chi connectivity index (χ1n) is 9.00. The van der Waals surface area contributed by atoms with E-state index in [2.05, 4.69) is 11.8 Å². The van der Waals surface area contributed by atoms with Crippen LogP contribution >= 0.6 is 0 Å². The molecule has 3 heteroatoms. The molecule has 3 nitrogen and oxygen atoms in total. The molecule has 0 N–H and O–H groups in total. The molecule has 0 spiro atoms. The van der Waals surface area contributed by atoms with Gasteiger partial charge in [0.15, 0.2) is 0 Å². The summed E-state index contributed by atoms with van der Waals surface area (Å²) in [5.41, 5.74) is 0.622. The van der Waals surface area contributed by atoms with E-state index in [1.807, 2.05) is 6.92 Å². The molecule has 0 radical (unpaired) electrons. The predicted octanol–water partition coefficient (Wildman–Crippen LogP) is 3.48. The Kier molecular flexibility index (Phi) is 4.58. The highest BCUT2D eigenvalue weighted by atomic mass is 16.5. The third-order valence-electron chi connectivity index (χ3n) is 6.23. The molecule has 4 aliphatic carbocycles. The number of rotatable bonds is 7. The molecule has 4 aliphatic rings. The van der Waals surface area contributed by atoms with Gasteiger partial charge < -0.3 is 4.74 Å². The van der Waals surface area contributed by atoms with Crippen molar-refractivity contribution in [2.75, 3.05) is 26.2 Å².